The number of esters is 4. The average Bonchev–Trinajstić information content (AvgIpc) is 0.900. The van der Waals surface area contributed by atoms with Crippen LogP contribution in [0.4, 0.5) is 0 Å². The van der Waals surface area contributed by atoms with Gasteiger partial charge in [-0.25, -0.2) is 9.13 Å². The molecule has 0 aliphatic rings. The molecule has 0 amide bonds. The molecule has 0 rings (SSSR count). The van der Waals surface area contributed by atoms with Crippen LogP contribution in [0.1, 0.15) is 466 Å². The molecule has 0 bridgehead atoms. The van der Waals surface area contributed by atoms with Crippen molar-refractivity contribution < 1.29 is 80.2 Å². The molecule has 108 heavy (non-hydrogen) atoms. The monoisotopic (exact) mass is 1580 g/mol. The Balaban J connectivity index is 5.23. The third-order valence-corrected chi connectivity index (χ3v) is 23.4. The molecule has 0 aliphatic carbocycles. The first kappa shape index (κ1) is 106. The molecule has 642 valence electrons. The molecule has 0 spiro atoms. The number of aliphatic hydroxyl groups is 1. The molecule has 7 atom stereocenters. The van der Waals surface area contributed by atoms with Gasteiger partial charge in [-0.15, -0.1) is 0 Å². The second kappa shape index (κ2) is 77.6. The molecule has 0 aromatic rings. The summed E-state index contributed by atoms with van der Waals surface area (Å²) in [5.74, 6) is 1.11. The maximum atomic E-state index is 13.2. The van der Waals surface area contributed by atoms with Gasteiger partial charge >= 0.3 is 39.5 Å². The molecule has 3 N–H and O–H groups in total. The molecule has 0 saturated carbocycles. The number of carbonyl (C=O) groups is 4. The summed E-state index contributed by atoms with van der Waals surface area (Å²) < 4.78 is 69.0. The molecule has 0 radical (unpaired) electrons. The zero-order chi connectivity index (χ0) is 79.5. The molecule has 0 aliphatic heterocycles. The standard InChI is InChI=1S/C89H174O17P2/c1-9-81(7)67-59-51-43-37-31-25-21-22-26-32-38-44-53-61-69-86(91)99-75-84(105-88(93)71-63-55-45-39-33-27-19-14-12-11-13-17-23-29-35-41-49-57-65-79(3)4)77-103-107(95,96)101-73-83(90)74-102-108(97,98)104-78-85(76-100-87(92)70-62-54-48-47-52-60-68-82(8)10-2)106-89(94)72-64-56-46-40-34-28-20-16-15-18-24-30-36-42-50-58-66-80(5)6/h79-85,90H,9-78H2,1-8H3,(H,95,96)(H,97,98)/t81?,82?,83-,84-,85-/m1/s1. The van der Waals surface area contributed by atoms with Crippen molar-refractivity contribution >= 4 is 39.5 Å². The molecular formula is C89H174O17P2. The summed E-state index contributed by atoms with van der Waals surface area (Å²) in [4.78, 5) is 73.3. The minimum atomic E-state index is -4.97. The highest BCUT2D eigenvalue weighted by atomic mass is 31.2. The number of phosphoric acid groups is 2. The first-order valence-corrected chi connectivity index (χ1v) is 48.8. The third kappa shape index (κ3) is 79.3. The summed E-state index contributed by atoms with van der Waals surface area (Å²) in [6.45, 7) is 14.4. The van der Waals surface area contributed by atoms with E-state index >= 15 is 0 Å². The second-order valence-corrected chi connectivity index (χ2v) is 36.3. The van der Waals surface area contributed by atoms with Gasteiger partial charge in [-0.3, -0.25) is 37.3 Å². The van der Waals surface area contributed by atoms with Crippen LogP contribution in [-0.4, -0.2) is 96.7 Å². The van der Waals surface area contributed by atoms with Crippen molar-refractivity contribution in [1.82, 2.24) is 0 Å². The van der Waals surface area contributed by atoms with Crippen molar-refractivity contribution in [2.24, 2.45) is 23.7 Å². The predicted octanol–water partition coefficient (Wildman–Crippen LogP) is 27.1. The summed E-state index contributed by atoms with van der Waals surface area (Å²) in [5.41, 5.74) is 0. The molecule has 4 unspecified atom stereocenters. The van der Waals surface area contributed by atoms with E-state index in [4.69, 9.17) is 37.0 Å². The van der Waals surface area contributed by atoms with Gasteiger partial charge < -0.3 is 33.8 Å². The van der Waals surface area contributed by atoms with E-state index in [9.17, 15) is 43.2 Å². The van der Waals surface area contributed by atoms with Gasteiger partial charge in [-0.1, -0.05) is 415 Å². The first-order valence-electron chi connectivity index (χ1n) is 45.8. The number of rotatable bonds is 86. The van der Waals surface area contributed by atoms with Crippen molar-refractivity contribution in [3.05, 3.63) is 0 Å². The Kier molecular flexibility index (Phi) is 76.2. The Morgan fingerprint density at radius 3 is 0.657 bits per heavy atom. The van der Waals surface area contributed by atoms with Gasteiger partial charge in [0.1, 0.15) is 19.3 Å². The summed E-state index contributed by atoms with van der Waals surface area (Å²) in [6.07, 6.45) is 68.1. The van der Waals surface area contributed by atoms with Crippen LogP contribution >= 0.6 is 15.6 Å². The summed E-state index contributed by atoms with van der Waals surface area (Å²) in [6, 6.07) is 0. The van der Waals surface area contributed by atoms with E-state index in [1.165, 1.54) is 263 Å². The van der Waals surface area contributed by atoms with Gasteiger partial charge in [0.05, 0.1) is 26.4 Å². The lowest BCUT2D eigenvalue weighted by Crippen LogP contribution is -2.30. The van der Waals surface area contributed by atoms with E-state index in [2.05, 4.69) is 55.4 Å². The van der Waals surface area contributed by atoms with Crippen LogP contribution in [0.5, 0.6) is 0 Å². The Labute approximate surface area is 664 Å². The smallest absolute Gasteiger partial charge is 0.462 e. The van der Waals surface area contributed by atoms with Gasteiger partial charge in [0.15, 0.2) is 12.2 Å². The fraction of sp³-hybridized carbons (Fsp3) is 0.955. The van der Waals surface area contributed by atoms with E-state index in [1.54, 1.807) is 0 Å². The molecule has 0 saturated heterocycles. The van der Waals surface area contributed by atoms with E-state index in [0.29, 0.717) is 25.7 Å². The minimum absolute atomic E-state index is 0.107. The number of unbranched alkanes of at least 4 members (excludes halogenated alkanes) is 50. The van der Waals surface area contributed by atoms with Gasteiger partial charge in [0, 0.05) is 25.7 Å². The summed E-state index contributed by atoms with van der Waals surface area (Å²) >= 11 is 0. The molecule has 17 nitrogen and oxygen atoms in total. The van der Waals surface area contributed by atoms with Crippen LogP contribution in [0.2, 0.25) is 0 Å². The van der Waals surface area contributed by atoms with Crippen LogP contribution in [0.25, 0.3) is 0 Å². The number of aliphatic hydroxyl groups excluding tert-OH is 1. The highest BCUT2D eigenvalue weighted by Gasteiger charge is 2.31. The quantitative estimate of drug-likeness (QED) is 0.0222. The van der Waals surface area contributed by atoms with Crippen molar-refractivity contribution in [2.75, 3.05) is 39.6 Å². The zero-order valence-corrected chi connectivity index (χ0v) is 73.3. The van der Waals surface area contributed by atoms with Gasteiger partial charge in [-0.2, -0.15) is 0 Å². The molecule has 0 fully saturated rings. The Morgan fingerprint density at radius 1 is 0.259 bits per heavy atom. The minimum Gasteiger partial charge on any atom is -0.462 e. The fourth-order valence-corrected chi connectivity index (χ4v) is 15.4. The lowest BCUT2D eigenvalue weighted by atomic mass is 9.99. The fourth-order valence-electron chi connectivity index (χ4n) is 13.8. The molecule has 0 aromatic heterocycles. The van der Waals surface area contributed by atoms with Crippen LogP contribution in [-0.2, 0) is 65.4 Å². The highest BCUT2D eigenvalue weighted by Crippen LogP contribution is 2.45. The highest BCUT2D eigenvalue weighted by molar-refractivity contribution is 7.47. The number of carbonyl (C=O) groups excluding carboxylic acids is 4. The number of ether oxygens (including phenoxy) is 4. The summed E-state index contributed by atoms with van der Waals surface area (Å²) in [5, 5.41) is 10.7. The zero-order valence-electron chi connectivity index (χ0n) is 71.5. The number of phosphoric ester groups is 2. The molecular weight excluding hydrogens is 1400 g/mol. The van der Waals surface area contributed by atoms with Crippen LogP contribution in [0, 0.1) is 23.7 Å². The van der Waals surface area contributed by atoms with Crippen LogP contribution < -0.4 is 0 Å². The molecule has 0 heterocycles. The Morgan fingerprint density at radius 2 is 0.444 bits per heavy atom. The van der Waals surface area contributed by atoms with E-state index in [1.807, 2.05) is 0 Å². The van der Waals surface area contributed by atoms with Gasteiger partial charge in [0.25, 0.3) is 0 Å². The Hall–Kier alpha value is -1.94. The van der Waals surface area contributed by atoms with Gasteiger partial charge in [-0.05, 0) is 49.4 Å². The number of hydrogen-bond acceptors (Lipinski definition) is 15. The van der Waals surface area contributed by atoms with Gasteiger partial charge in [0.2, 0.25) is 0 Å². The first-order chi connectivity index (χ1) is 52.2. The van der Waals surface area contributed by atoms with Crippen LogP contribution in [0.3, 0.4) is 0 Å². The predicted molar refractivity (Wildman–Crippen MR) is 446 cm³/mol. The Bertz CT molecular complexity index is 2100. The van der Waals surface area contributed by atoms with Crippen molar-refractivity contribution in [1.29, 1.82) is 0 Å². The second-order valence-electron chi connectivity index (χ2n) is 33.4. The van der Waals surface area contributed by atoms with Crippen molar-refractivity contribution in [3.8, 4) is 0 Å². The molecule has 19 heteroatoms. The number of hydrogen-bond donors (Lipinski definition) is 3. The maximum Gasteiger partial charge on any atom is 0.472 e. The van der Waals surface area contributed by atoms with E-state index < -0.39 is 97.5 Å². The molecule has 0 aromatic carbocycles. The maximum absolute atomic E-state index is 13.2. The van der Waals surface area contributed by atoms with Crippen LogP contribution in [0.15, 0.2) is 0 Å². The summed E-state index contributed by atoms with van der Waals surface area (Å²) in [7, 11) is -9.93. The van der Waals surface area contributed by atoms with E-state index in [-0.39, 0.29) is 25.7 Å². The largest absolute Gasteiger partial charge is 0.472 e. The normalized spacial score (nSPS) is 14.4. The van der Waals surface area contributed by atoms with Crippen molar-refractivity contribution in [2.45, 2.75) is 485 Å². The van der Waals surface area contributed by atoms with Crippen molar-refractivity contribution in [3.63, 3.8) is 0 Å². The lowest BCUT2D eigenvalue weighted by molar-refractivity contribution is -0.161. The third-order valence-electron chi connectivity index (χ3n) is 21.5. The topological polar surface area (TPSA) is 237 Å². The average molecular weight is 1580 g/mol. The van der Waals surface area contributed by atoms with E-state index in [0.717, 1.165) is 120 Å². The SMILES string of the molecule is CCC(C)CCCCCCCCCCCCCCCCC(=O)OC[C@H](COP(=O)(O)OC[C@@H](O)COP(=O)(O)OC[C@@H](COC(=O)CCCCCCCCC(C)CC)OC(=O)CCCCCCCCCCCCCCCCCCC(C)C)OC(=O)CCCCCCCCCCCCCCCCCCCCC(C)C. The lowest BCUT2D eigenvalue weighted by Gasteiger charge is -2.21.